The van der Waals surface area contributed by atoms with Crippen molar-refractivity contribution in [2.24, 2.45) is 0 Å². The summed E-state index contributed by atoms with van der Waals surface area (Å²) in [5.74, 6) is 1.16. The highest BCUT2D eigenvalue weighted by atomic mass is 32.2. The van der Waals surface area contributed by atoms with Gasteiger partial charge >= 0.3 is 5.97 Å². The summed E-state index contributed by atoms with van der Waals surface area (Å²) in [6, 6.07) is 4.02. The summed E-state index contributed by atoms with van der Waals surface area (Å²) < 4.78 is 0. The monoisotopic (exact) mass is 257 g/mol. The number of aliphatic carboxylic acids is 1. The Kier molecular flexibility index (Phi) is 3.89. The first-order valence-corrected chi connectivity index (χ1v) is 7.35. The van der Waals surface area contributed by atoms with Crippen molar-refractivity contribution >= 4 is 29.1 Å². The van der Waals surface area contributed by atoms with Crippen molar-refractivity contribution in [3.8, 4) is 0 Å². The Bertz CT molecular complexity index is 345. The Hall–Kier alpha value is -0.520. The number of carboxylic acid groups (broad SMARTS) is 1. The van der Waals surface area contributed by atoms with Crippen LogP contribution in [0.5, 0.6) is 0 Å². The highest BCUT2D eigenvalue weighted by Gasteiger charge is 2.39. The molecule has 0 aromatic carbocycles. The van der Waals surface area contributed by atoms with Crippen LogP contribution in [0.2, 0.25) is 0 Å². The van der Waals surface area contributed by atoms with E-state index in [2.05, 4.69) is 5.32 Å². The Morgan fingerprint density at radius 1 is 1.50 bits per heavy atom. The first-order valence-electron chi connectivity index (χ1n) is 5.31. The van der Waals surface area contributed by atoms with Gasteiger partial charge in [-0.05, 0) is 35.8 Å². The van der Waals surface area contributed by atoms with Gasteiger partial charge in [-0.3, -0.25) is 10.1 Å². The maximum atomic E-state index is 11.4. The average molecular weight is 257 g/mol. The average Bonchev–Trinajstić information content (AvgIpc) is 2.80. The number of carbonyl (C=O) groups is 1. The molecule has 1 saturated heterocycles. The van der Waals surface area contributed by atoms with Gasteiger partial charge in [0.25, 0.3) is 0 Å². The van der Waals surface area contributed by atoms with Crippen LogP contribution >= 0.6 is 23.1 Å². The number of nitrogens with one attached hydrogen (secondary N) is 1. The van der Waals surface area contributed by atoms with E-state index in [1.807, 2.05) is 29.3 Å². The van der Waals surface area contributed by atoms with E-state index in [9.17, 15) is 9.90 Å². The number of rotatable bonds is 4. The zero-order valence-electron chi connectivity index (χ0n) is 8.94. The van der Waals surface area contributed by atoms with Gasteiger partial charge in [0.05, 0.1) is 0 Å². The molecule has 1 aliphatic rings. The minimum atomic E-state index is -0.704. The molecule has 16 heavy (non-hydrogen) atoms. The Morgan fingerprint density at radius 3 is 2.81 bits per heavy atom. The van der Waals surface area contributed by atoms with Crippen LogP contribution in [-0.2, 0) is 11.3 Å². The largest absolute Gasteiger partial charge is 0.480 e. The van der Waals surface area contributed by atoms with Crippen LogP contribution < -0.4 is 5.32 Å². The van der Waals surface area contributed by atoms with Gasteiger partial charge in [-0.2, -0.15) is 11.8 Å². The second-order valence-corrected chi connectivity index (χ2v) is 6.19. The molecule has 0 amide bonds. The van der Waals surface area contributed by atoms with E-state index in [1.54, 1.807) is 11.3 Å². The molecule has 5 heteroatoms. The van der Waals surface area contributed by atoms with Gasteiger partial charge in [0.2, 0.25) is 0 Å². The van der Waals surface area contributed by atoms with E-state index in [0.717, 1.165) is 24.3 Å². The molecular formula is C11H15NO2S2. The summed E-state index contributed by atoms with van der Waals surface area (Å²) in [6.07, 6.45) is 1.44. The minimum Gasteiger partial charge on any atom is -0.480 e. The summed E-state index contributed by atoms with van der Waals surface area (Å²) in [7, 11) is 0. The van der Waals surface area contributed by atoms with E-state index < -0.39 is 11.5 Å². The number of hydrogen-bond donors (Lipinski definition) is 2. The van der Waals surface area contributed by atoms with Gasteiger partial charge in [-0.15, -0.1) is 11.3 Å². The summed E-state index contributed by atoms with van der Waals surface area (Å²) in [6.45, 7) is 0.661. The van der Waals surface area contributed by atoms with Crippen LogP contribution in [0.25, 0.3) is 0 Å². The van der Waals surface area contributed by atoms with Crippen LogP contribution in [0.4, 0.5) is 0 Å². The molecule has 0 atom stereocenters. The first kappa shape index (κ1) is 12.0. The lowest BCUT2D eigenvalue weighted by atomic mass is 9.92. The molecule has 1 aliphatic heterocycles. The van der Waals surface area contributed by atoms with E-state index in [0.29, 0.717) is 6.54 Å². The molecule has 0 bridgehead atoms. The van der Waals surface area contributed by atoms with E-state index >= 15 is 0 Å². The molecule has 1 aromatic rings. The van der Waals surface area contributed by atoms with Crippen molar-refractivity contribution in [2.75, 3.05) is 11.5 Å². The molecular weight excluding hydrogens is 242 g/mol. The number of thioether (sulfide) groups is 1. The van der Waals surface area contributed by atoms with Crippen molar-refractivity contribution in [1.82, 2.24) is 5.32 Å². The summed E-state index contributed by atoms with van der Waals surface area (Å²) in [4.78, 5) is 12.6. The minimum absolute atomic E-state index is 0.661. The van der Waals surface area contributed by atoms with Crippen molar-refractivity contribution in [1.29, 1.82) is 0 Å². The maximum absolute atomic E-state index is 11.4. The predicted octanol–water partition coefficient (Wildman–Crippen LogP) is 2.19. The van der Waals surface area contributed by atoms with Gasteiger partial charge in [0.1, 0.15) is 5.54 Å². The molecule has 2 rings (SSSR count). The molecule has 3 nitrogen and oxygen atoms in total. The van der Waals surface area contributed by atoms with Crippen molar-refractivity contribution < 1.29 is 9.90 Å². The van der Waals surface area contributed by atoms with Crippen LogP contribution in [0, 0.1) is 0 Å². The fourth-order valence-electron chi connectivity index (χ4n) is 1.86. The van der Waals surface area contributed by atoms with Crippen LogP contribution in [0.3, 0.4) is 0 Å². The highest BCUT2D eigenvalue weighted by Crippen LogP contribution is 2.28. The third kappa shape index (κ3) is 2.59. The summed E-state index contributed by atoms with van der Waals surface area (Å²) in [5.41, 5.74) is -0.699. The van der Waals surface area contributed by atoms with E-state index in [-0.39, 0.29) is 0 Å². The van der Waals surface area contributed by atoms with E-state index in [4.69, 9.17) is 0 Å². The lowest BCUT2D eigenvalue weighted by Crippen LogP contribution is -2.53. The maximum Gasteiger partial charge on any atom is 0.323 e. The van der Waals surface area contributed by atoms with Gasteiger partial charge in [-0.25, -0.2) is 0 Å². The third-order valence-corrected chi connectivity index (χ3v) is 4.80. The Balaban J connectivity index is 2.00. The standard InChI is InChI=1S/C11H15NO2S2/c13-10(14)11(3-6-15-7-4-11)12-8-9-2-1-5-16-9/h1-2,5,12H,3-4,6-8H2,(H,13,14). The Morgan fingerprint density at radius 2 is 2.25 bits per heavy atom. The molecule has 88 valence electrons. The Labute approximate surface area is 103 Å². The van der Waals surface area contributed by atoms with E-state index in [1.165, 1.54) is 4.88 Å². The van der Waals surface area contributed by atoms with Gasteiger partial charge in [0, 0.05) is 11.4 Å². The first-order chi connectivity index (χ1) is 7.73. The smallest absolute Gasteiger partial charge is 0.323 e. The van der Waals surface area contributed by atoms with Crippen molar-refractivity contribution in [3.05, 3.63) is 22.4 Å². The second-order valence-electron chi connectivity index (χ2n) is 3.93. The lowest BCUT2D eigenvalue weighted by Gasteiger charge is -2.33. The molecule has 0 radical (unpaired) electrons. The molecule has 0 saturated carbocycles. The fourth-order valence-corrected chi connectivity index (χ4v) is 3.69. The SMILES string of the molecule is O=C(O)C1(NCc2cccs2)CCSCC1. The molecule has 1 fully saturated rings. The van der Waals surface area contributed by atoms with Crippen molar-refractivity contribution in [3.63, 3.8) is 0 Å². The molecule has 1 aromatic heterocycles. The number of hydrogen-bond acceptors (Lipinski definition) is 4. The molecule has 2 heterocycles. The number of carboxylic acids is 1. The van der Waals surface area contributed by atoms with Gasteiger partial charge in [-0.1, -0.05) is 6.07 Å². The second kappa shape index (κ2) is 5.21. The summed E-state index contributed by atoms with van der Waals surface area (Å²) in [5, 5.41) is 14.6. The van der Waals surface area contributed by atoms with Gasteiger partial charge < -0.3 is 5.11 Å². The normalized spacial score (nSPS) is 19.5. The van der Waals surface area contributed by atoms with Crippen LogP contribution in [0.1, 0.15) is 17.7 Å². The highest BCUT2D eigenvalue weighted by molar-refractivity contribution is 7.99. The van der Waals surface area contributed by atoms with Crippen molar-refractivity contribution in [2.45, 2.75) is 24.9 Å². The topological polar surface area (TPSA) is 49.3 Å². The quantitative estimate of drug-likeness (QED) is 0.868. The van der Waals surface area contributed by atoms with Gasteiger partial charge in [0.15, 0.2) is 0 Å². The molecule has 0 unspecified atom stereocenters. The summed E-state index contributed by atoms with van der Waals surface area (Å²) >= 11 is 3.50. The third-order valence-electron chi connectivity index (χ3n) is 2.94. The molecule has 0 spiro atoms. The molecule has 0 aliphatic carbocycles. The zero-order valence-corrected chi connectivity index (χ0v) is 10.6. The van der Waals surface area contributed by atoms with Crippen LogP contribution in [0.15, 0.2) is 17.5 Å². The lowest BCUT2D eigenvalue weighted by molar-refractivity contribution is -0.145. The van der Waals surface area contributed by atoms with Crippen LogP contribution in [-0.4, -0.2) is 28.1 Å². The number of thiophene rings is 1. The fraction of sp³-hybridized carbons (Fsp3) is 0.545. The molecule has 2 N–H and O–H groups in total. The predicted molar refractivity (Wildman–Crippen MR) is 68.1 cm³/mol. The zero-order chi connectivity index (χ0) is 11.4.